The molecule has 2 aromatic heterocycles. The zero-order chi connectivity index (χ0) is 14.7. The van der Waals surface area contributed by atoms with E-state index in [1.807, 2.05) is 24.3 Å². The van der Waals surface area contributed by atoms with Gasteiger partial charge >= 0.3 is 0 Å². The maximum atomic E-state index is 9.44. The lowest BCUT2D eigenvalue weighted by atomic mass is 9.96. The first-order valence-electron chi connectivity index (χ1n) is 7.41. The highest BCUT2D eigenvalue weighted by molar-refractivity contribution is 7.16. The van der Waals surface area contributed by atoms with Crippen molar-refractivity contribution in [2.45, 2.75) is 25.3 Å². The van der Waals surface area contributed by atoms with Gasteiger partial charge in [-0.25, -0.2) is 0 Å². The van der Waals surface area contributed by atoms with Crippen molar-refractivity contribution < 1.29 is 9.52 Å². The quantitative estimate of drug-likeness (QED) is 0.841. The van der Waals surface area contributed by atoms with E-state index in [2.05, 4.69) is 5.32 Å². The number of aliphatic hydroxyl groups is 1. The van der Waals surface area contributed by atoms with E-state index in [1.54, 1.807) is 17.6 Å². The van der Waals surface area contributed by atoms with Crippen molar-refractivity contribution in [1.82, 2.24) is 5.32 Å². The lowest BCUT2D eigenvalue weighted by molar-refractivity contribution is 0.190. The van der Waals surface area contributed by atoms with Crippen LogP contribution in [0.2, 0.25) is 4.34 Å². The fourth-order valence-corrected chi connectivity index (χ4v) is 4.32. The highest BCUT2D eigenvalue weighted by Crippen LogP contribution is 2.34. The van der Waals surface area contributed by atoms with Gasteiger partial charge in [0.2, 0.25) is 0 Å². The predicted molar refractivity (Wildman–Crippen MR) is 85.8 cm³/mol. The molecule has 0 spiro atoms. The van der Waals surface area contributed by atoms with E-state index >= 15 is 0 Å². The Bertz CT molecular complexity index is 554. The highest BCUT2D eigenvalue weighted by atomic mass is 35.5. The minimum absolute atomic E-state index is 0.0393. The number of halogens is 1. The fourth-order valence-electron chi connectivity index (χ4n) is 3.17. The number of nitrogens with one attached hydrogen (secondary N) is 1. The van der Waals surface area contributed by atoms with Crippen LogP contribution >= 0.6 is 22.9 Å². The molecule has 3 atom stereocenters. The fraction of sp³-hybridized carbons (Fsp3) is 0.500. The van der Waals surface area contributed by atoms with Crippen LogP contribution in [0.5, 0.6) is 0 Å². The Morgan fingerprint density at radius 1 is 1.33 bits per heavy atom. The van der Waals surface area contributed by atoms with Gasteiger partial charge in [0.05, 0.1) is 10.6 Å². The van der Waals surface area contributed by atoms with E-state index in [1.165, 1.54) is 12.8 Å². The summed E-state index contributed by atoms with van der Waals surface area (Å²) in [5.41, 5.74) is 0. The summed E-state index contributed by atoms with van der Waals surface area (Å²) in [6, 6.07) is 7.91. The third-order valence-electron chi connectivity index (χ3n) is 4.34. The number of hydrogen-bond acceptors (Lipinski definition) is 4. The van der Waals surface area contributed by atoms with Gasteiger partial charge in [0.25, 0.3) is 0 Å². The average Bonchev–Trinajstić information content (AvgIpc) is 3.21. The van der Waals surface area contributed by atoms with Crippen LogP contribution in [-0.4, -0.2) is 18.3 Å². The van der Waals surface area contributed by atoms with Gasteiger partial charge in [-0.1, -0.05) is 18.0 Å². The molecule has 114 valence electrons. The number of thiophene rings is 1. The molecule has 2 aromatic rings. The molecule has 1 aliphatic rings. The highest BCUT2D eigenvalue weighted by Gasteiger charge is 2.28. The number of hydrogen-bond donors (Lipinski definition) is 2. The molecule has 1 fully saturated rings. The van der Waals surface area contributed by atoms with Crippen LogP contribution in [0.25, 0.3) is 0 Å². The normalized spacial score (nSPS) is 23.5. The van der Waals surface area contributed by atoms with E-state index in [9.17, 15) is 5.11 Å². The molecule has 3 rings (SSSR count). The van der Waals surface area contributed by atoms with Crippen LogP contribution in [0, 0.1) is 11.8 Å². The molecule has 0 bridgehead atoms. The SMILES string of the molecule is OCC1CCCC1CNC(c1ccco1)c1ccc(Cl)s1. The van der Waals surface area contributed by atoms with E-state index in [0.717, 1.165) is 27.9 Å². The maximum absolute atomic E-state index is 9.44. The third kappa shape index (κ3) is 3.51. The second kappa shape index (κ2) is 6.97. The molecular weight excluding hydrogens is 306 g/mol. The predicted octanol–water partition coefficient (Wildman–Crippen LogP) is 4.08. The first-order valence-corrected chi connectivity index (χ1v) is 8.60. The molecule has 2 N–H and O–H groups in total. The lowest BCUT2D eigenvalue weighted by Crippen LogP contribution is -2.30. The van der Waals surface area contributed by atoms with E-state index in [0.29, 0.717) is 18.4 Å². The molecule has 1 saturated carbocycles. The smallest absolute Gasteiger partial charge is 0.126 e. The number of furan rings is 1. The molecule has 0 aliphatic heterocycles. The van der Waals surface area contributed by atoms with E-state index in [4.69, 9.17) is 16.0 Å². The zero-order valence-corrected chi connectivity index (χ0v) is 13.4. The molecule has 5 heteroatoms. The van der Waals surface area contributed by atoms with Crippen LogP contribution in [0.3, 0.4) is 0 Å². The molecule has 0 amide bonds. The topological polar surface area (TPSA) is 45.4 Å². The Morgan fingerprint density at radius 2 is 2.19 bits per heavy atom. The molecular formula is C16H20ClNO2S. The molecule has 3 nitrogen and oxygen atoms in total. The summed E-state index contributed by atoms with van der Waals surface area (Å²) < 4.78 is 6.37. The van der Waals surface area contributed by atoms with Crippen molar-refractivity contribution in [3.05, 3.63) is 45.5 Å². The van der Waals surface area contributed by atoms with Crippen molar-refractivity contribution in [2.75, 3.05) is 13.2 Å². The van der Waals surface area contributed by atoms with Gasteiger partial charge < -0.3 is 14.8 Å². The van der Waals surface area contributed by atoms with Gasteiger partial charge in [0, 0.05) is 11.5 Å². The minimum Gasteiger partial charge on any atom is -0.467 e. The van der Waals surface area contributed by atoms with Gasteiger partial charge in [0.1, 0.15) is 11.8 Å². The van der Waals surface area contributed by atoms with Crippen molar-refractivity contribution >= 4 is 22.9 Å². The van der Waals surface area contributed by atoms with E-state index < -0.39 is 0 Å². The monoisotopic (exact) mass is 325 g/mol. The average molecular weight is 326 g/mol. The first-order chi connectivity index (χ1) is 10.3. The zero-order valence-electron chi connectivity index (χ0n) is 11.8. The van der Waals surface area contributed by atoms with E-state index in [-0.39, 0.29) is 6.04 Å². The summed E-state index contributed by atoms with van der Waals surface area (Å²) in [6.07, 6.45) is 5.24. The van der Waals surface area contributed by atoms with Crippen molar-refractivity contribution in [2.24, 2.45) is 11.8 Å². The summed E-state index contributed by atoms with van der Waals surface area (Å²) in [4.78, 5) is 1.16. The summed E-state index contributed by atoms with van der Waals surface area (Å²) in [7, 11) is 0. The Balaban J connectivity index is 1.71. The molecule has 3 unspecified atom stereocenters. The standard InChI is InChI=1S/C16H20ClNO2S/c17-15-7-6-14(21-15)16(13-5-2-8-20-13)18-9-11-3-1-4-12(11)10-19/h2,5-8,11-12,16,18-19H,1,3-4,9-10H2. The Kier molecular flexibility index (Phi) is 5.01. The van der Waals surface area contributed by atoms with Gasteiger partial charge in [-0.05, 0) is 55.5 Å². The summed E-state index contributed by atoms with van der Waals surface area (Å²) in [5, 5.41) is 13.0. The van der Waals surface area contributed by atoms with Crippen LogP contribution in [-0.2, 0) is 0 Å². The summed E-state index contributed by atoms with van der Waals surface area (Å²) >= 11 is 7.64. The second-order valence-electron chi connectivity index (χ2n) is 5.63. The summed E-state index contributed by atoms with van der Waals surface area (Å²) in [5.74, 6) is 1.89. The number of rotatable bonds is 6. The molecule has 2 heterocycles. The Hall–Kier alpha value is -0.810. The van der Waals surface area contributed by atoms with Gasteiger partial charge in [0.15, 0.2) is 0 Å². The molecule has 0 aromatic carbocycles. The minimum atomic E-state index is 0.0393. The van der Waals surface area contributed by atoms with Crippen molar-refractivity contribution in [3.63, 3.8) is 0 Å². The number of aliphatic hydroxyl groups excluding tert-OH is 1. The lowest BCUT2D eigenvalue weighted by Gasteiger charge is -2.22. The second-order valence-corrected chi connectivity index (χ2v) is 7.38. The summed E-state index contributed by atoms with van der Waals surface area (Å²) in [6.45, 7) is 1.19. The van der Waals surface area contributed by atoms with Crippen LogP contribution in [0.15, 0.2) is 34.9 Å². The van der Waals surface area contributed by atoms with Crippen LogP contribution in [0.4, 0.5) is 0 Å². The maximum Gasteiger partial charge on any atom is 0.126 e. The first kappa shape index (κ1) is 15.1. The van der Waals surface area contributed by atoms with Gasteiger partial charge in [-0.2, -0.15) is 0 Å². The molecule has 0 radical (unpaired) electrons. The van der Waals surface area contributed by atoms with Crippen molar-refractivity contribution in [3.8, 4) is 0 Å². The largest absolute Gasteiger partial charge is 0.467 e. The van der Waals surface area contributed by atoms with Crippen LogP contribution in [0.1, 0.15) is 35.9 Å². The molecule has 0 saturated heterocycles. The Morgan fingerprint density at radius 3 is 2.86 bits per heavy atom. The molecule has 21 heavy (non-hydrogen) atoms. The Labute approximate surface area is 133 Å². The van der Waals surface area contributed by atoms with Crippen molar-refractivity contribution in [1.29, 1.82) is 0 Å². The third-order valence-corrected chi connectivity index (χ3v) is 5.64. The van der Waals surface area contributed by atoms with Gasteiger partial charge in [-0.3, -0.25) is 0 Å². The van der Waals surface area contributed by atoms with Gasteiger partial charge in [-0.15, -0.1) is 11.3 Å². The van der Waals surface area contributed by atoms with Crippen LogP contribution < -0.4 is 5.32 Å². The molecule has 1 aliphatic carbocycles.